The van der Waals surface area contributed by atoms with E-state index in [1.807, 2.05) is 71.6 Å². The number of methoxy groups -OCH3 is 1. The summed E-state index contributed by atoms with van der Waals surface area (Å²) in [4.78, 5) is 27.2. The van der Waals surface area contributed by atoms with E-state index in [4.69, 9.17) is 4.74 Å². The van der Waals surface area contributed by atoms with Gasteiger partial charge < -0.3 is 20.3 Å². The fourth-order valence-corrected chi connectivity index (χ4v) is 3.77. The fraction of sp³-hybridized carbons (Fsp3) is 0.231. The number of likely N-dealkylation sites (tertiary alicyclic amines) is 1. The summed E-state index contributed by atoms with van der Waals surface area (Å²) < 4.78 is 5.19. The molecule has 1 aliphatic heterocycles. The molecule has 0 aromatic heterocycles. The molecule has 0 bridgehead atoms. The third-order valence-corrected chi connectivity index (χ3v) is 5.59. The Morgan fingerprint density at radius 1 is 0.906 bits per heavy atom. The molecule has 0 radical (unpaired) electrons. The van der Waals surface area contributed by atoms with Gasteiger partial charge in [-0.1, -0.05) is 24.3 Å². The molecule has 0 saturated carbocycles. The summed E-state index contributed by atoms with van der Waals surface area (Å²) in [5.74, 6) is 0.685. The molecule has 6 heteroatoms. The molecule has 4 rings (SSSR count). The molecule has 1 aliphatic rings. The van der Waals surface area contributed by atoms with E-state index in [0.717, 1.165) is 48.6 Å². The van der Waals surface area contributed by atoms with Gasteiger partial charge in [0.05, 0.1) is 18.4 Å². The quantitative estimate of drug-likeness (QED) is 0.576. The number of carbonyl (C=O) groups is 2. The maximum Gasteiger partial charge on any atom is 0.253 e. The Morgan fingerprint density at radius 2 is 1.59 bits per heavy atom. The van der Waals surface area contributed by atoms with Crippen LogP contribution < -0.4 is 15.4 Å². The van der Waals surface area contributed by atoms with Crippen LogP contribution in [0.3, 0.4) is 0 Å². The number of nitrogens with zero attached hydrogens (tertiary/aromatic N) is 1. The second-order valence-corrected chi connectivity index (χ2v) is 7.78. The van der Waals surface area contributed by atoms with Crippen LogP contribution in [0.15, 0.2) is 72.8 Å². The van der Waals surface area contributed by atoms with Crippen molar-refractivity contribution >= 4 is 23.2 Å². The molecular formula is C26H27N3O3. The van der Waals surface area contributed by atoms with E-state index in [2.05, 4.69) is 10.6 Å². The molecule has 32 heavy (non-hydrogen) atoms. The minimum absolute atomic E-state index is 0.0802. The van der Waals surface area contributed by atoms with Crippen LogP contribution in [0.2, 0.25) is 0 Å². The van der Waals surface area contributed by atoms with E-state index in [1.165, 1.54) is 0 Å². The van der Waals surface area contributed by atoms with Crippen molar-refractivity contribution in [3.8, 4) is 5.75 Å². The second-order valence-electron chi connectivity index (χ2n) is 7.78. The minimum atomic E-state index is -0.168. The molecule has 0 aliphatic carbocycles. The summed E-state index contributed by atoms with van der Waals surface area (Å²) in [5, 5.41) is 6.26. The van der Waals surface area contributed by atoms with Crippen molar-refractivity contribution in [2.24, 2.45) is 0 Å². The zero-order valence-electron chi connectivity index (χ0n) is 18.1. The number of nitrogens with one attached hydrogen (secondary N) is 2. The van der Waals surface area contributed by atoms with E-state index in [0.29, 0.717) is 17.7 Å². The Balaban J connectivity index is 1.38. The van der Waals surface area contributed by atoms with Crippen LogP contribution in [-0.4, -0.2) is 36.9 Å². The van der Waals surface area contributed by atoms with Gasteiger partial charge in [-0.3, -0.25) is 9.59 Å². The highest BCUT2D eigenvalue weighted by Crippen LogP contribution is 2.23. The van der Waals surface area contributed by atoms with E-state index in [-0.39, 0.29) is 11.8 Å². The monoisotopic (exact) mass is 429 g/mol. The maximum atomic E-state index is 12.8. The van der Waals surface area contributed by atoms with E-state index >= 15 is 0 Å². The molecule has 164 valence electrons. The van der Waals surface area contributed by atoms with Gasteiger partial charge in [0.1, 0.15) is 5.75 Å². The van der Waals surface area contributed by atoms with E-state index < -0.39 is 0 Å². The highest BCUT2D eigenvalue weighted by molar-refractivity contribution is 6.00. The highest BCUT2D eigenvalue weighted by Gasteiger charge is 2.19. The summed E-state index contributed by atoms with van der Waals surface area (Å²) in [7, 11) is 1.63. The fourth-order valence-electron chi connectivity index (χ4n) is 3.77. The molecule has 6 nitrogen and oxygen atoms in total. The Labute approximate surface area is 188 Å². The number of ether oxygens (including phenoxy) is 1. The van der Waals surface area contributed by atoms with Gasteiger partial charge >= 0.3 is 0 Å². The van der Waals surface area contributed by atoms with Gasteiger partial charge in [-0.25, -0.2) is 0 Å². The van der Waals surface area contributed by atoms with Crippen molar-refractivity contribution < 1.29 is 14.3 Å². The van der Waals surface area contributed by atoms with Crippen molar-refractivity contribution in [1.29, 1.82) is 0 Å². The van der Waals surface area contributed by atoms with Gasteiger partial charge in [-0.2, -0.15) is 0 Å². The van der Waals surface area contributed by atoms with Gasteiger partial charge in [0.25, 0.3) is 11.8 Å². The highest BCUT2D eigenvalue weighted by atomic mass is 16.5. The predicted molar refractivity (Wildman–Crippen MR) is 125 cm³/mol. The number of hydrogen-bond donors (Lipinski definition) is 2. The number of hydrogen-bond acceptors (Lipinski definition) is 4. The number of carbonyl (C=O) groups excluding carboxylic acids is 2. The predicted octanol–water partition coefficient (Wildman–Crippen LogP) is 4.60. The van der Waals surface area contributed by atoms with Crippen LogP contribution in [0, 0.1) is 0 Å². The lowest BCUT2D eigenvalue weighted by Crippen LogP contribution is -2.27. The molecule has 0 atom stereocenters. The summed E-state index contributed by atoms with van der Waals surface area (Å²) >= 11 is 0. The molecule has 2 amide bonds. The Bertz CT molecular complexity index is 1070. The van der Waals surface area contributed by atoms with Gasteiger partial charge in [-0.15, -0.1) is 0 Å². The van der Waals surface area contributed by atoms with Crippen molar-refractivity contribution in [1.82, 2.24) is 10.2 Å². The molecule has 0 unspecified atom stereocenters. The summed E-state index contributed by atoms with van der Waals surface area (Å²) in [6.07, 6.45) is 2.15. The van der Waals surface area contributed by atoms with Gasteiger partial charge in [-0.05, 0) is 66.9 Å². The minimum Gasteiger partial charge on any atom is -0.497 e. The number of rotatable bonds is 7. The smallest absolute Gasteiger partial charge is 0.253 e. The molecule has 2 N–H and O–H groups in total. The van der Waals surface area contributed by atoms with E-state index in [9.17, 15) is 9.59 Å². The van der Waals surface area contributed by atoms with Crippen molar-refractivity contribution in [2.45, 2.75) is 19.4 Å². The van der Waals surface area contributed by atoms with Gasteiger partial charge in [0.2, 0.25) is 0 Å². The normalized spacial score (nSPS) is 13.0. The summed E-state index contributed by atoms with van der Waals surface area (Å²) in [6, 6.07) is 22.4. The first kappa shape index (κ1) is 21.4. The lowest BCUT2D eigenvalue weighted by Gasteiger charge is -2.15. The van der Waals surface area contributed by atoms with Gasteiger partial charge in [0.15, 0.2) is 0 Å². The van der Waals surface area contributed by atoms with Crippen molar-refractivity contribution in [3.05, 3.63) is 89.5 Å². The largest absolute Gasteiger partial charge is 0.497 e. The van der Waals surface area contributed by atoms with Crippen LogP contribution in [-0.2, 0) is 6.54 Å². The molecule has 3 aromatic rings. The van der Waals surface area contributed by atoms with Crippen LogP contribution in [0.4, 0.5) is 11.4 Å². The van der Waals surface area contributed by atoms with E-state index in [1.54, 1.807) is 13.2 Å². The lowest BCUT2D eigenvalue weighted by molar-refractivity contribution is 0.0792. The zero-order valence-corrected chi connectivity index (χ0v) is 18.1. The molecule has 1 saturated heterocycles. The average Bonchev–Trinajstić information content (AvgIpc) is 3.38. The zero-order chi connectivity index (χ0) is 22.3. The second kappa shape index (κ2) is 10.0. The SMILES string of the molecule is COc1ccc(Nc2ccccc2C(=O)NCc2ccc(C(=O)N3CCCC3)cc2)cc1. The standard InChI is InChI=1S/C26H27N3O3/c1-32-22-14-12-21(13-15-22)28-24-7-3-2-6-23(24)25(30)27-18-19-8-10-20(11-9-19)26(31)29-16-4-5-17-29/h2-3,6-15,28H,4-5,16-18H2,1H3,(H,27,30). The molecule has 0 spiro atoms. The Morgan fingerprint density at radius 3 is 2.28 bits per heavy atom. The van der Waals surface area contributed by atoms with Crippen molar-refractivity contribution in [2.75, 3.05) is 25.5 Å². The number of benzene rings is 3. The Hall–Kier alpha value is -3.80. The van der Waals surface area contributed by atoms with Crippen LogP contribution in [0.1, 0.15) is 39.1 Å². The molecular weight excluding hydrogens is 402 g/mol. The molecule has 1 heterocycles. The number of amides is 2. The first-order valence-electron chi connectivity index (χ1n) is 10.8. The van der Waals surface area contributed by atoms with Crippen LogP contribution >= 0.6 is 0 Å². The number of para-hydroxylation sites is 1. The Kier molecular flexibility index (Phi) is 6.70. The summed E-state index contributed by atoms with van der Waals surface area (Å²) in [6.45, 7) is 2.05. The van der Waals surface area contributed by atoms with Crippen molar-refractivity contribution in [3.63, 3.8) is 0 Å². The molecule has 1 fully saturated rings. The van der Waals surface area contributed by atoms with Crippen LogP contribution in [0.25, 0.3) is 0 Å². The third-order valence-electron chi connectivity index (χ3n) is 5.59. The van der Waals surface area contributed by atoms with Gasteiger partial charge in [0, 0.05) is 30.9 Å². The topological polar surface area (TPSA) is 70.7 Å². The third kappa shape index (κ3) is 5.09. The number of anilines is 2. The molecule has 3 aromatic carbocycles. The maximum absolute atomic E-state index is 12.8. The first-order valence-corrected chi connectivity index (χ1v) is 10.8. The lowest BCUT2D eigenvalue weighted by atomic mass is 10.1. The van der Waals surface area contributed by atoms with Crippen LogP contribution in [0.5, 0.6) is 5.75 Å². The first-order chi connectivity index (χ1) is 15.6. The summed E-state index contributed by atoms with van der Waals surface area (Å²) in [5.41, 5.74) is 3.78. The average molecular weight is 430 g/mol.